The predicted molar refractivity (Wildman–Crippen MR) is 101 cm³/mol. The third kappa shape index (κ3) is 3.36. The van der Waals surface area contributed by atoms with E-state index < -0.39 is 0 Å². The zero-order chi connectivity index (χ0) is 17.6. The zero-order valence-corrected chi connectivity index (χ0v) is 16.0. The summed E-state index contributed by atoms with van der Waals surface area (Å²) in [5.41, 5.74) is 3.92. The van der Waals surface area contributed by atoms with E-state index in [0.717, 1.165) is 23.4 Å². The Balaban J connectivity index is 1.33. The third-order valence-electron chi connectivity index (χ3n) is 7.50. The monoisotopic (exact) mass is 341 g/mol. The number of aryl methyl sites for hydroxylation is 2. The maximum Gasteiger partial charge on any atom is 0.279 e. The molecule has 0 spiro atoms. The number of carbonyl (C=O) groups excluding carboxylic acids is 1. The molecule has 1 aromatic rings. The average Bonchev–Trinajstić information content (AvgIpc) is 2.55. The molecule has 0 aliphatic heterocycles. The first-order valence-corrected chi connectivity index (χ1v) is 10.1. The summed E-state index contributed by atoms with van der Waals surface area (Å²) >= 11 is 0. The van der Waals surface area contributed by atoms with Gasteiger partial charge in [0.2, 0.25) is 0 Å². The highest BCUT2D eigenvalue weighted by atomic mass is 16.1. The maximum absolute atomic E-state index is 12.4. The van der Waals surface area contributed by atoms with Crippen LogP contribution in [0.3, 0.4) is 0 Å². The SMILES string of the molecule is Cc1ccc(NC(=O)C[NH2+][C@@H](C)C23CC4CC(CC(C4)C2)C3)cc1C. The van der Waals surface area contributed by atoms with E-state index in [1.165, 1.54) is 49.7 Å². The molecule has 4 saturated carbocycles. The van der Waals surface area contributed by atoms with Gasteiger partial charge in [-0.2, -0.15) is 0 Å². The molecule has 4 aliphatic carbocycles. The molecule has 0 radical (unpaired) electrons. The fourth-order valence-corrected chi connectivity index (χ4v) is 6.30. The van der Waals surface area contributed by atoms with Crippen molar-refractivity contribution in [1.29, 1.82) is 0 Å². The quantitative estimate of drug-likeness (QED) is 0.847. The summed E-state index contributed by atoms with van der Waals surface area (Å²) < 4.78 is 0. The molecular formula is C22H33N2O+. The summed E-state index contributed by atoms with van der Waals surface area (Å²) in [5, 5.41) is 5.38. The number of hydrogen-bond acceptors (Lipinski definition) is 1. The first kappa shape index (κ1) is 17.1. The van der Waals surface area contributed by atoms with Gasteiger partial charge in [0.15, 0.2) is 6.54 Å². The fraction of sp³-hybridized carbons (Fsp3) is 0.682. The van der Waals surface area contributed by atoms with Gasteiger partial charge in [-0.15, -0.1) is 0 Å². The molecule has 25 heavy (non-hydrogen) atoms. The lowest BCUT2D eigenvalue weighted by Crippen LogP contribution is -2.94. The van der Waals surface area contributed by atoms with E-state index in [0.29, 0.717) is 18.0 Å². The van der Waals surface area contributed by atoms with E-state index in [-0.39, 0.29) is 5.91 Å². The summed E-state index contributed by atoms with van der Waals surface area (Å²) in [6.45, 7) is 7.10. The first-order valence-electron chi connectivity index (χ1n) is 10.1. The van der Waals surface area contributed by atoms with Crippen molar-refractivity contribution in [1.82, 2.24) is 0 Å². The number of hydrogen-bond donors (Lipinski definition) is 2. The summed E-state index contributed by atoms with van der Waals surface area (Å²) in [5.74, 6) is 3.06. The smallest absolute Gasteiger partial charge is 0.279 e. The van der Waals surface area contributed by atoms with Crippen molar-refractivity contribution in [3.05, 3.63) is 29.3 Å². The Kier molecular flexibility index (Phi) is 4.39. The maximum atomic E-state index is 12.4. The predicted octanol–water partition coefficient (Wildman–Crippen LogP) is 3.41. The lowest BCUT2D eigenvalue weighted by molar-refractivity contribution is -0.692. The Bertz CT molecular complexity index is 631. The van der Waals surface area contributed by atoms with Gasteiger partial charge in [-0.25, -0.2) is 0 Å². The van der Waals surface area contributed by atoms with Crippen LogP contribution >= 0.6 is 0 Å². The lowest BCUT2D eigenvalue weighted by Gasteiger charge is -2.57. The molecule has 0 unspecified atom stereocenters. The van der Waals surface area contributed by atoms with Gasteiger partial charge in [-0.05, 0) is 100 Å². The molecule has 1 amide bonds. The number of nitrogens with two attached hydrogens (primary N) is 1. The van der Waals surface area contributed by atoms with Gasteiger partial charge in [-0.1, -0.05) is 6.07 Å². The normalized spacial score (nSPS) is 34.1. The molecule has 1 atom stereocenters. The van der Waals surface area contributed by atoms with Crippen LogP contribution in [0.1, 0.15) is 56.6 Å². The van der Waals surface area contributed by atoms with E-state index in [2.05, 4.69) is 43.5 Å². The number of rotatable bonds is 5. The van der Waals surface area contributed by atoms with E-state index >= 15 is 0 Å². The van der Waals surface area contributed by atoms with Crippen molar-refractivity contribution in [2.24, 2.45) is 23.2 Å². The van der Waals surface area contributed by atoms with Crippen LogP contribution in [0, 0.1) is 37.0 Å². The van der Waals surface area contributed by atoms with Gasteiger partial charge in [0, 0.05) is 11.1 Å². The standard InChI is InChI=1S/C22H32N2O/c1-14-4-5-20(6-15(14)2)24-21(25)13-23-16(3)22-10-17-7-18(11-22)9-19(8-17)12-22/h4-6,16-19,23H,7-13H2,1-3H3,(H,24,25)/p+1/t16-,17?,18?,19?,22?/m0/s1. The van der Waals surface area contributed by atoms with Crippen molar-refractivity contribution in [2.45, 2.75) is 65.3 Å². The molecule has 4 bridgehead atoms. The number of carbonyl (C=O) groups is 1. The summed E-state index contributed by atoms with van der Waals surface area (Å²) in [6.07, 6.45) is 8.69. The highest BCUT2D eigenvalue weighted by Crippen LogP contribution is 2.60. The van der Waals surface area contributed by atoms with Gasteiger partial charge in [-0.3, -0.25) is 4.79 Å². The topological polar surface area (TPSA) is 45.7 Å². The van der Waals surface area contributed by atoms with E-state index in [1.807, 2.05) is 6.07 Å². The van der Waals surface area contributed by atoms with Gasteiger partial charge < -0.3 is 10.6 Å². The molecule has 3 heteroatoms. The molecule has 4 aliphatic rings. The van der Waals surface area contributed by atoms with Gasteiger partial charge in [0.1, 0.15) is 0 Å². The van der Waals surface area contributed by atoms with Gasteiger partial charge in [0.05, 0.1) is 6.04 Å². The summed E-state index contributed by atoms with van der Waals surface area (Å²) in [7, 11) is 0. The van der Waals surface area contributed by atoms with Crippen LogP contribution in [-0.4, -0.2) is 18.5 Å². The molecule has 1 aromatic carbocycles. The van der Waals surface area contributed by atoms with Crippen molar-refractivity contribution < 1.29 is 10.1 Å². The molecule has 136 valence electrons. The van der Waals surface area contributed by atoms with Crippen molar-refractivity contribution in [3.8, 4) is 0 Å². The Hall–Kier alpha value is -1.35. The lowest BCUT2D eigenvalue weighted by atomic mass is 9.48. The van der Waals surface area contributed by atoms with Gasteiger partial charge in [0.25, 0.3) is 5.91 Å². The molecule has 0 aromatic heterocycles. The molecular weight excluding hydrogens is 308 g/mol. The second-order valence-electron chi connectivity index (χ2n) is 9.36. The van der Waals surface area contributed by atoms with Crippen LogP contribution in [0.4, 0.5) is 5.69 Å². The highest BCUT2D eigenvalue weighted by Gasteiger charge is 2.54. The van der Waals surface area contributed by atoms with Crippen LogP contribution in [0.5, 0.6) is 0 Å². The second-order valence-corrected chi connectivity index (χ2v) is 9.36. The number of anilines is 1. The molecule has 0 heterocycles. The minimum absolute atomic E-state index is 0.125. The van der Waals surface area contributed by atoms with Crippen molar-refractivity contribution in [2.75, 3.05) is 11.9 Å². The van der Waals surface area contributed by atoms with Crippen LogP contribution < -0.4 is 10.6 Å². The van der Waals surface area contributed by atoms with Crippen LogP contribution in [0.2, 0.25) is 0 Å². The number of amides is 1. The van der Waals surface area contributed by atoms with Crippen molar-refractivity contribution in [3.63, 3.8) is 0 Å². The first-order chi connectivity index (χ1) is 11.9. The minimum Gasteiger partial charge on any atom is -0.336 e. The van der Waals surface area contributed by atoms with Crippen LogP contribution in [0.15, 0.2) is 18.2 Å². The van der Waals surface area contributed by atoms with E-state index in [4.69, 9.17) is 0 Å². The van der Waals surface area contributed by atoms with Crippen LogP contribution in [-0.2, 0) is 4.79 Å². The summed E-state index contributed by atoms with van der Waals surface area (Å²) in [4.78, 5) is 12.4. The van der Waals surface area contributed by atoms with E-state index in [1.54, 1.807) is 0 Å². The minimum atomic E-state index is 0.125. The van der Waals surface area contributed by atoms with Crippen LogP contribution in [0.25, 0.3) is 0 Å². The second kappa shape index (κ2) is 6.42. The Morgan fingerprint density at radius 2 is 1.72 bits per heavy atom. The zero-order valence-electron chi connectivity index (χ0n) is 16.0. The molecule has 3 nitrogen and oxygen atoms in total. The van der Waals surface area contributed by atoms with E-state index in [9.17, 15) is 4.79 Å². The molecule has 5 rings (SSSR count). The van der Waals surface area contributed by atoms with Gasteiger partial charge >= 0.3 is 0 Å². The third-order valence-corrected chi connectivity index (χ3v) is 7.50. The Labute approximate surface area is 152 Å². The highest BCUT2D eigenvalue weighted by molar-refractivity contribution is 5.91. The summed E-state index contributed by atoms with van der Waals surface area (Å²) in [6, 6.07) is 6.71. The number of quaternary nitrogens is 1. The molecule has 0 saturated heterocycles. The van der Waals surface area contributed by atoms with Crippen molar-refractivity contribution >= 4 is 11.6 Å². The fourth-order valence-electron chi connectivity index (χ4n) is 6.30. The molecule has 3 N–H and O–H groups in total. The molecule has 4 fully saturated rings. The Morgan fingerprint density at radius 1 is 1.12 bits per heavy atom. The average molecular weight is 342 g/mol. The number of nitrogens with one attached hydrogen (secondary N) is 1. The number of benzene rings is 1. The largest absolute Gasteiger partial charge is 0.336 e. The Morgan fingerprint density at radius 3 is 2.28 bits per heavy atom.